The maximum atomic E-state index is 12.8. The number of piperidine rings is 1. The number of nitrogens with one attached hydrogen (secondary N) is 2. The van der Waals surface area contributed by atoms with Gasteiger partial charge < -0.3 is 5.32 Å². The Morgan fingerprint density at radius 3 is 2.68 bits per heavy atom. The van der Waals surface area contributed by atoms with E-state index in [4.69, 9.17) is 0 Å². The van der Waals surface area contributed by atoms with Crippen LogP contribution in [0.2, 0.25) is 0 Å². The Balaban J connectivity index is 1.99. The summed E-state index contributed by atoms with van der Waals surface area (Å²) in [6.07, 6.45) is 2.23. The lowest BCUT2D eigenvalue weighted by molar-refractivity contribution is 0.300. The van der Waals surface area contributed by atoms with E-state index in [0.717, 1.165) is 31.5 Å². The fraction of sp³-hybridized carbons (Fsp3) is 0.538. The Kier molecular flexibility index (Phi) is 4.54. The second-order valence-electron chi connectivity index (χ2n) is 4.99. The van der Waals surface area contributed by atoms with E-state index in [9.17, 15) is 12.8 Å². The van der Waals surface area contributed by atoms with Gasteiger partial charge in [0, 0.05) is 12.6 Å². The van der Waals surface area contributed by atoms with Crippen LogP contribution in [-0.2, 0) is 10.0 Å². The highest BCUT2D eigenvalue weighted by atomic mass is 32.2. The maximum absolute atomic E-state index is 12.8. The number of sulfonamides is 1. The Morgan fingerprint density at radius 1 is 1.37 bits per heavy atom. The second-order valence-corrected chi connectivity index (χ2v) is 6.75. The van der Waals surface area contributed by atoms with Crippen molar-refractivity contribution in [1.82, 2.24) is 10.0 Å². The van der Waals surface area contributed by atoms with Gasteiger partial charge in [-0.1, -0.05) is 6.92 Å². The largest absolute Gasteiger partial charge is 0.312 e. The van der Waals surface area contributed by atoms with Crippen LogP contribution in [0.3, 0.4) is 0 Å². The predicted molar refractivity (Wildman–Crippen MR) is 71.8 cm³/mol. The van der Waals surface area contributed by atoms with Gasteiger partial charge in [0.2, 0.25) is 10.0 Å². The predicted octanol–water partition coefficient (Wildman–Crippen LogP) is 1.49. The third-order valence-corrected chi connectivity index (χ3v) is 4.99. The molecule has 106 valence electrons. The van der Waals surface area contributed by atoms with Crippen LogP contribution in [0, 0.1) is 11.7 Å². The van der Waals surface area contributed by atoms with Gasteiger partial charge in [-0.05, 0) is 49.6 Å². The highest BCUT2D eigenvalue weighted by Gasteiger charge is 2.23. The zero-order valence-electron chi connectivity index (χ0n) is 10.9. The number of hydrogen-bond donors (Lipinski definition) is 2. The minimum atomic E-state index is -3.56. The molecule has 6 heteroatoms. The standard InChI is InChI=1S/C13H19FN2O2S/c1-10-3-2-8-15-13(10)9-16-19(17,18)12-6-4-11(14)5-7-12/h4-7,10,13,15-16H,2-3,8-9H2,1H3. The maximum Gasteiger partial charge on any atom is 0.240 e. The molecule has 0 spiro atoms. The molecule has 1 saturated heterocycles. The van der Waals surface area contributed by atoms with Crippen molar-refractivity contribution in [3.63, 3.8) is 0 Å². The van der Waals surface area contributed by atoms with Crippen LogP contribution in [0.25, 0.3) is 0 Å². The van der Waals surface area contributed by atoms with Gasteiger partial charge in [0.1, 0.15) is 5.82 Å². The molecule has 2 unspecified atom stereocenters. The summed E-state index contributed by atoms with van der Waals surface area (Å²) in [4.78, 5) is 0.0948. The molecule has 0 saturated carbocycles. The molecule has 0 aromatic heterocycles. The van der Waals surface area contributed by atoms with E-state index in [-0.39, 0.29) is 10.9 Å². The lowest BCUT2D eigenvalue weighted by Crippen LogP contribution is -2.47. The fourth-order valence-corrected chi connectivity index (χ4v) is 3.34. The first-order chi connectivity index (χ1) is 8.99. The Bertz CT molecular complexity index is 516. The molecule has 1 fully saturated rings. The molecule has 1 aliphatic rings. The monoisotopic (exact) mass is 286 g/mol. The van der Waals surface area contributed by atoms with Crippen LogP contribution >= 0.6 is 0 Å². The normalized spacial score (nSPS) is 24.3. The smallest absolute Gasteiger partial charge is 0.240 e. The van der Waals surface area contributed by atoms with Gasteiger partial charge in [0.25, 0.3) is 0 Å². The van der Waals surface area contributed by atoms with E-state index in [1.807, 2.05) is 0 Å². The summed E-state index contributed by atoms with van der Waals surface area (Å²) < 4.78 is 39.4. The average Bonchev–Trinajstić information content (AvgIpc) is 2.38. The van der Waals surface area contributed by atoms with E-state index < -0.39 is 15.8 Å². The van der Waals surface area contributed by atoms with Gasteiger partial charge >= 0.3 is 0 Å². The highest BCUT2D eigenvalue weighted by Crippen LogP contribution is 2.16. The van der Waals surface area contributed by atoms with Crippen LogP contribution in [-0.4, -0.2) is 27.5 Å². The van der Waals surface area contributed by atoms with Gasteiger partial charge in [0.05, 0.1) is 4.90 Å². The number of rotatable bonds is 4. The molecule has 1 heterocycles. The minimum absolute atomic E-state index is 0.0948. The average molecular weight is 286 g/mol. The number of hydrogen-bond acceptors (Lipinski definition) is 3. The summed E-state index contributed by atoms with van der Waals surface area (Å²) in [7, 11) is -3.56. The molecular formula is C13H19FN2O2S. The molecule has 4 nitrogen and oxygen atoms in total. The van der Waals surface area contributed by atoms with Crippen molar-refractivity contribution in [2.75, 3.05) is 13.1 Å². The van der Waals surface area contributed by atoms with Crippen LogP contribution < -0.4 is 10.0 Å². The Morgan fingerprint density at radius 2 is 2.05 bits per heavy atom. The van der Waals surface area contributed by atoms with Gasteiger partial charge in [-0.2, -0.15) is 0 Å². The van der Waals surface area contributed by atoms with Crippen molar-refractivity contribution in [2.45, 2.75) is 30.7 Å². The molecule has 0 bridgehead atoms. The molecule has 0 amide bonds. The van der Waals surface area contributed by atoms with Crippen molar-refractivity contribution in [3.05, 3.63) is 30.1 Å². The fourth-order valence-electron chi connectivity index (χ4n) is 2.28. The zero-order valence-corrected chi connectivity index (χ0v) is 11.7. The van der Waals surface area contributed by atoms with Crippen LogP contribution in [0.15, 0.2) is 29.2 Å². The topological polar surface area (TPSA) is 58.2 Å². The van der Waals surface area contributed by atoms with Crippen molar-refractivity contribution >= 4 is 10.0 Å². The molecule has 1 aromatic rings. The van der Waals surface area contributed by atoms with Gasteiger partial charge in [-0.25, -0.2) is 17.5 Å². The first-order valence-electron chi connectivity index (χ1n) is 6.47. The quantitative estimate of drug-likeness (QED) is 0.881. The number of halogens is 1. The molecule has 2 rings (SSSR count). The van der Waals surface area contributed by atoms with Gasteiger partial charge in [-0.15, -0.1) is 0 Å². The van der Waals surface area contributed by atoms with Crippen LogP contribution in [0.5, 0.6) is 0 Å². The first kappa shape index (κ1) is 14.4. The molecule has 19 heavy (non-hydrogen) atoms. The molecule has 2 atom stereocenters. The molecule has 1 aromatic carbocycles. The van der Waals surface area contributed by atoms with E-state index in [1.165, 1.54) is 12.1 Å². The van der Waals surface area contributed by atoms with Crippen molar-refractivity contribution in [2.24, 2.45) is 5.92 Å². The summed E-state index contributed by atoms with van der Waals surface area (Å²) in [6, 6.07) is 5.00. The molecule has 1 aliphatic heterocycles. The van der Waals surface area contributed by atoms with E-state index in [2.05, 4.69) is 17.0 Å². The highest BCUT2D eigenvalue weighted by molar-refractivity contribution is 7.89. The summed E-state index contributed by atoms with van der Waals surface area (Å²) in [5.74, 6) is 0.00573. The number of benzene rings is 1. The van der Waals surface area contributed by atoms with Crippen LogP contribution in [0.1, 0.15) is 19.8 Å². The minimum Gasteiger partial charge on any atom is -0.312 e. The van der Waals surface area contributed by atoms with Crippen LogP contribution in [0.4, 0.5) is 4.39 Å². The van der Waals surface area contributed by atoms with Gasteiger partial charge in [0.15, 0.2) is 0 Å². The van der Waals surface area contributed by atoms with Gasteiger partial charge in [-0.3, -0.25) is 0 Å². The van der Waals surface area contributed by atoms with E-state index in [1.54, 1.807) is 0 Å². The molecule has 0 radical (unpaired) electrons. The third-order valence-electron chi connectivity index (χ3n) is 3.55. The second kappa shape index (κ2) is 5.98. The summed E-state index contributed by atoms with van der Waals surface area (Å²) in [5.41, 5.74) is 0. The van der Waals surface area contributed by atoms with E-state index >= 15 is 0 Å². The summed E-state index contributed by atoms with van der Waals surface area (Å²) in [5, 5.41) is 3.32. The van der Waals surface area contributed by atoms with Crippen molar-refractivity contribution < 1.29 is 12.8 Å². The van der Waals surface area contributed by atoms with Crippen molar-refractivity contribution in [1.29, 1.82) is 0 Å². The molecule has 0 aliphatic carbocycles. The lowest BCUT2D eigenvalue weighted by Gasteiger charge is -2.30. The third kappa shape index (κ3) is 3.75. The zero-order chi connectivity index (χ0) is 13.9. The lowest BCUT2D eigenvalue weighted by atomic mass is 9.93. The van der Waals surface area contributed by atoms with E-state index in [0.29, 0.717) is 12.5 Å². The summed E-state index contributed by atoms with van der Waals surface area (Å²) in [6.45, 7) is 3.40. The Labute approximate surface area is 113 Å². The summed E-state index contributed by atoms with van der Waals surface area (Å²) >= 11 is 0. The van der Waals surface area contributed by atoms with Crippen molar-refractivity contribution in [3.8, 4) is 0 Å². The first-order valence-corrected chi connectivity index (χ1v) is 7.96. The SMILES string of the molecule is CC1CCCNC1CNS(=O)(=O)c1ccc(F)cc1. The Hall–Kier alpha value is -0.980. The molecule has 2 N–H and O–H groups in total. The molecular weight excluding hydrogens is 267 g/mol.